The van der Waals surface area contributed by atoms with Crippen LogP contribution in [0.3, 0.4) is 0 Å². The fourth-order valence-corrected chi connectivity index (χ4v) is 2.42. The summed E-state index contributed by atoms with van der Waals surface area (Å²) in [5.41, 5.74) is 1.47. The first-order chi connectivity index (χ1) is 8.11. The molecule has 5 nitrogen and oxygen atoms in total. The smallest absolute Gasteiger partial charge is 0.257 e. The van der Waals surface area contributed by atoms with Gasteiger partial charge >= 0.3 is 0 Å². The van der Waals surface area contributed by atoms with Crippen molar-refractivity contribution in [2.24, 2.45) is 13.0 Å². The van der Waals surface area contributed by atoms with Crippen LogP contribution in [0.25, 0.3) is 0 Å². The first-order valence-electron chi connectivity index (χ1n) is 6.02. The molecule has 94 valence electrons. The Morgan fingerprint density at radius 2 is 2.41 bits per heavy atom. The van der Waals surface area contributed by atoms with Crippen molar-refractivity contribution in [3.63, 3.8) is 0 Å². The molecular weight excluding hydrogens is 218 g/mol. The van der Waals surface area contributed by atoms with Gasteiger partial charge in [-0.05, 0) is 25.7 Å². The third kappa shape index (κ3) is 2.49. The summed E-state index contributed by atoms with van der Waals surface area (Å²) in [5.74, 6) is 0.511. The maximum atomic E-state index is 12.2. The van der Waals surface area contributed by atoms with E-state index in [1.165, 1.54) is 0 Å². The molecule has 1 aromatic heterocycles. The van der Waals surface area contributed by atoms with Gasteiger partial charge in [-0.3, -0.25) is 9.48 Å². The van der Waals surface area contributed by atoms with Gasteiger partial charge < -0.3 is 10.0 Å². The fourth-order valence-electron chi connectivity index (χ4n) is 2.42. The van der Waals surface area contributed by atoms with Gasteiger partial charge in [0.1, 0.15) is 0 Å². The summed E-state index contributed by atoms with van der Waals surface area (Å²) in [6.07, 6.45) is 3.55. The monoisotopic (exact) mass is 237 g/mol. The van der Waals surface area contributed by atoms with Crippen LogP contribution in [0.5, 0.6) is 0 Å². The van der Waals surface area contributed by atoms with Crippen LogP contribution in [0.15, 0.2) is 6.20 Å². The Bertz CT molecular complexity index is 414. The molecule has 0 aromatic carbocycles. The van der Waals surface area contributed by atoms with E-state index in [1.54, 1.807) is 10.9 Å². The highest BCUT2D eigenvalue weighted by Gasteiger charge is 2.28. The molecule has 0 radical (unpaired) electrons. The molecule has 1 atom stereocenters. The average molecular weight is 237 g/mol. The number of carbonyl (C=O) groups is 1. The van der Waals surface area contributed by atoms with E-state index in [9.17, 15) is 4.79 Å². The lowest BCUT2D eigenvalue weighted by Gasteiger charge is -2.15. The van der Waals surface area contributed by atoms with Crippen LogP contribution in [0.4, 0.5) is 0 Å². The highest BCUT2D eigenvalue weighted by Crippen LogP contribution is 2.21. The number of hydrogen-bond acceptors (Lipinski definition) is 3. The molecule has 0 spiro atoms. The molecule has 2 rings (SSSR count). The largest absolute Gasteiger partial charge is 0.396 e. The van der Waals surface area contributed by atoms with Crippen molar-refractivity contribution in [1.29, 1.82) is 0 Å². The van der Waals surface area contributed by atoms with Gasteiger partial charge in [0.05, 0.1) is 11.3 Å². The van der Waals surface area contributed by atoms with Crippen molar-refractivity contribution in [2.45, 2.75) is 19.8 Å². The molecule has 0 aliphatic carbocycles. The van der Waals surface area contributed by atoms with E-state index < -0.39 is 0 Å². The predicted molar refractivity (Wildman–Crippen MR) is 63.7 cm³/mol. The predicted octanol–water partition coefficient (Wildman–Crippen LogP) is 0.573. The summed E-state index contributed by atoms with van der Waals surface area (Å²) >= 11 is 0. The second-order valence-electron chi connectivity index (χ2n) is 4.72. The van der Waals surface area contributed by atoms with Crippen molar-refractivity contribution in [3.8, 4) is 0 Å². The number of aliphatic hydroxyl groups excluding tert-OH is 1. The minimum absolute atomic E-state index is 0.0658. The van der Waals surface area contributed by atoms with E-state index in [4.69, 9.17) is 5.11 Å². The number of amides is 1. The minimum Gasteiger partial charge on any atom is -0.396 e. The highest BCUT2D eigenvalue weighted by atomic mass is 16.3. The Morgan fingerprint density at radius 3 is 3.00 bits per heavy atom. The Morgan fingerprint density at radius 1 is 1.65 bits per heavy atom. The van der Waals surface area contributed by atoms with Gasteiger partial charge in [0.25, 0.3) is 5.91 Å². The van der Waals surface area contributed by atoms with Crippen molar-refractivity contribution < 1.29 is 9.90 Å². The normalized spacial score (nSPS) is 19.9. The molecule has 17 heavy (non-hydrogen) atoms. The van der Waals surface area contributed by atoms with Crippen LogP contribution >= 0.6 is 0 Å². The number of aromatic nitrogens is 2. The number of carbonyl (C=O) groups excluding carboxylic acids is 1. The summed E-state index contributed by atoms with van der Waals surface area (Å²) in [6.45, 7) is 3.61. The first-order valence-corrected chi connectivity index (χ1v) is 6.02. The first kappa shape index (κ1) is 12.1. The summed E-state index contributed by atoms with van der Waals surface area (Å²) in [4.78, 5) is 14.1. The summed E-state index contributed by atoms with van der Waals surface area (Å²) in [6, 6.07) is 0. The highest BCUT2D eigenvalue weighted by molar-refractivity contribution is 5.95. The van der Waals surface area contributed by atoms with Crippen LogP contribution in [-0.4, -0.2) is 45.4 Å². The molecule has 1 N–H and O–H groups in total. The average Bonchev–Trinajstić information content (AvgIpc) is 2.85. The Labute approximate surface area is 101 Å². The number of rotatable bonds is 3. The molecule has 1 saturated heterocycles. The van der Waals surface area contributed by atoms with Crippen LogP contribution in [-0.2, 0) is 7.05 Å². The van der Waals surface area contributed by atoms with E-state index in [1.807, 2.05) is 18.9 Å². The van der Waals surface area contributed by atoms with Crippen LogP contribution in [0, 0.1) is 12.8 Å². The summed E-state index contributed by atoms with van der Waals surface area (Å²) < 4.78 is 1.67. The standard InChI is InChI=1S/C12H19N3O2/c1-9-11(8-14(2)13-9)12(17)15-5-3-10(7-15)4-6-16/h8,10,16H,3-7H2,1-2H3. The fraction of sp³-hybridized carbons (Fsp3) is 0.667. The molecule has 0 saturated carbocycles. The third-order valence-electron chi connectivity index (χ3n) is 3.35. The van der Waals surface area contributed by atoms with E-state index in [-0.39, 0.29) is 12.5 Å². The molecule has 0 bridgehead atoms. The third-order valence-corrected chi connectivity index (χ3v) is 3.35. The summed E-state index contributed by atoms with van der Waals surface area (Å²) in [5, 5.41) is 13.1. The minimum atomic E-state index is 0.0658. The molecule has 5 heteroatoms. The lowest BCUT2D eigenvalue weighted by Crippen LogP contribution is -2.29. The Balaban J connectivity index is 2.04. The number of aryl methyl sites for hydroxylation is 2. The van der Waals surface area contributed by atoms with Crippen molar-refractivity contribution in [1.82, 2.24) is 14.7 Å². The van der Waals surface area contributed by atoms with E-state index >= 15 is 0 Å². The zero-order valence-electron chi connectivity index (χ0n) is 10.4. The lowest BCUT2D eigenvalue weighted by molar-refractivity contribution is 0.0784. The number of hydrogen-bond donors (Lipinski definition) is 1. The Hall–Kier alpha value is -1.36. The van der Waals surface area contributed by atoms with Crippen molar-refractivity contribution in [2.75, 3.05) is 19.7 Å². The lowest BCUT2D eigenvalue weighted by atomic mass is 10.1. The zero-order chi connectivity index (χ0) is 12.4. The second kappa shape index (κ2) is 4.87. The van der Waals surface area contributed by atoms with Crippen LogP contribution in [0.1, 0.15) is 28.9 Å². The molecule has 1 fully saturated rings. The molecule has 1 amide bonds. The number of aliphatic hydroxyl groups is 1. The van der Waals surface area contributed by atoms with Gasteiger partial charge in [0, 0.05) is 32.9 Å². The molecule has 1 aliphatic rings. The van der Waals surface area contributed by atoms with Crippen molar-refractivity contribution >= 4 is 5.91 Å². The zero-order valence-corrected chi connectivity index (χ0v) is 10.4. The van der Waals surface area contributed by atoms with Crippen molar-refractivity contribution in [3.05, 3.63) is 17.5 Å². The van der Waals surface area contributed by atoms with Gasteiger partial charge in [-0.2, -0.15) is 5.10 Å². The van der Waals surface area contributed by atoms with Gasteiger partial charge in [0.2, 0.25) is 0 Å². The van der Waals surface area contributed by atoms with E-state index in [2.05, 4.69) is 5.10 Å². The molecule has 2 heterocycles. The maximum absolute atomic E-state index is 12.2. The van der Waals surface area contributed by atoms with Gasteiger partial charge in [-0.15, -0.1) is 0 Å². The van der Waals surface area contributed by atoms with Gasteiger partial charge in [-0.1, -0.05) is 0 Å². The number of likely N-dealkylation sites (tertiary alicyclic amines) is 1. The maximum Gasteiger partial charge on any atom is 0.257 e. The van der Waals surface area contributed by atoms with E-state index in [0.29, 0.717) is 11.5 Å². The molecule has 1 aliphatic heterocycles. The van der Waals surface area contributed by atoms with Crippen LogP contribution in [0.2, 0.25) is 0 Å². The van der Waals surface area contributed by atoms with Gasteiger partial charge in [-0.25, -0.2) is 0 Å². The van der Waals surface area contributed by atoms with Crippen LogP contribution < -0.4 is 0 Å². The second-order valence-corrected chi connectivity index (χ2v) is 4.72. The quantitative estimate of drug-likeness (QED) is 0.836. The molecular formula is C12H19N3O2. The van der Waals surface area contributed by atoms with Gasteiger partial charge in [0.15, 0.2) is 0 Å². The van der Waals surface area contributed by atoms with E-state index in [0.717, 1.165) is 31.6 Å². The molecule has 1 aromatic rings. The summed E-state index contributed by atoms with van der Waals surface area (Å²) in [7, 11) is 1.82. The number of nitrogens with zero attached hydrogens (tertiary/aromatic N) is 3. The Kier molecular flexibility index (Phi) is 3.47. The molecule has 1 unspecified atom stereocenters. The SMILES string of the molecule is Cc1nn(C)cc1C(=O)N1CCC(CCO)C1. The topological polar surface area (TPSA) is 58.4 Å².